The maximum absolute atomic E-state index is 11.6. The van der Waals surface area contributed by atoms with E-state index in [1.54, 1.807) is 0 Å². The lowest BCUT2D eigenvalue weighted by Gasteiger charge is -2.03. The molecular formula is C13H20N4O4. The number of amides is 2. The van der Waals surface area contributed by atoms with Crippen LogP contribution in [0.15, 0.2) is 12.3 Å². The monoisotopic (exact) mass is 296 g/mol. The van der Waals surface area contributed by atoms with Gasteiger partial charge in [0.15, 0.2) is 5.82 Å². The maximum Gasteiger partial charge on any atom is 0.325 e. The van der Waals surface area contributed by atoms with Gasteiger partial charge in [-0.1, -0.05) is 6.92 Å². The Labute approximate surface area is 122 Å². The fraction of sp³-hybridized carbons (Fsp3) is 0.538. The number of carbonyl (C=O) groups is 3. The Morgan fingerprint density at radius 3 is 2.67 bits per heavy atom. The van der Waals surface area contributed by atoms with Crippen molar-refractivity contribution in [2.75, 3.05) is 11.9 Å². The molecule has 8 nitrogen and oxygen atoms in total. The van der Waals surface area contributed by atoms with E-state index in [0.717, 1.165) is 6.42 Å². The highest BCUT2D eigenvalue weighted by molar-refractivity contribution is 5.90. The van der Waals surface area contributed by atoms with E-state index in [1.807, 2.05) is 6.92 Å². The van der Waals surface area contributed by atoms with Crippen molar-refractivity contribution in [1.29, 1.82) is 0 Å². The lowest BCUT2D eigenvalue weighted by atomic mass is 10.2. The number of aromatic nitrogens is 2. The van der Waals surface area contributed by atoms with Gasteiger partial charge < -0.3 is 15.7 Å². The number of nitrogens with zero attached hydrogens (tertiary/aromatic N) is 2. The molecule has 0 fully saturated rings. The van der Waals surface area contributed by atoms with Crippen LogP contribution in [0.4, 0.5) is 5.82 Å². The Hall–Kier alpha value is -2.38. The van der Waals surface area contributed by atoms with Crippen LogP contribution < -0.4 is 10.6 Å². The molecule has 0 aliphatic rings. The largest absolute Gasteiger partial charge is 0.480 e. The summed E-state index contributed by atoms with van der Waals surface area (Å²) in [5.74, 6) is -1.01. The van der Waals surface area contributed by atoms with Crippen molar-refractivity contribution in [3.63, 3.8) is 0 Å². The van der Waals surface area contributed by atoms with E-state index in [9.17, 15) is 14.4 Å². The second-order valence-electron chi connectivity index (χ2n) is 4.54. The van der Waals surface area contributed by atoms with Crippen molar-refractivity contribution in [2.24, 2.45) is 0 Å². The standard InChI is InChI=1S/C13H20N4O4/c1-2-7-14-11(18)4-3-5-12(19)15-10-6-8-17(16-10)9-13(20)21/h6,8H,2-5,7,9H2,1H3,(H,14,18)(H,20,21)(H,15,16,19). The van der Waals surface area contributed by atoms with Crippen molar-refractivity contribution in [1.82, 2.24) is 15.1 Å². The second-order valence-corrected chi connectivity index (χ2v) is 4.54. The summed E-state index contributed by atoms with van der Waals surface area (Å²) in [6.07, 6.45) is 3.33. The summed E-state index contributed by atoms with van der Waals surface area (Å²) in [5.41, 5.74) is 0. The number of aliphatic carboxylic acids is 1. The minimum absolute atomic E-state index is 0.0598. The van der Waals surface area contributed by atoms with Crippen molar-refractivity contribution in [3.8, 4) is 0 Å². The van der Waals surface area contributed by atoms with Gasteiger partial charge in [0.1, 0.15) is 6.54 Å². The third kappa shape index (κ3) is 7.09. The molecular weight excluding hydrogens is 276 g/mol. The normalized spacial score (nSPS) is 10.1. The zero-order valence-electron chi connectivity index (χ0n) is 12.0. The minimum Gasteiger partial charge on any atom is -0.480 e. The third-order valence-electron chi connectivity index (χ3n) is 2.59. The molecule has 0 aliphatic heterocycles. The van der Waals surface area contributed by atoms with Crippen LogP contribution in [0.5, 0.6) is 0 Å². The van der Waals surface area contributed by atoms with Gasteiger partial charge in [0.05, 0.1) is 0 Å². The first-order chi connectivity index (χ1) is 10.0. The highest BCUT2D eigenvalue weighted by Crippen LogP contribution is 2.05. The summed E-state index contributed by atoms with van der Waals surface area (Å²) < 4.78 is 1.22. The van der Waals surface area contributed by atoms with E-state index in [0.29, 0.717) is 25.2 Å². The second kappa shape index (κ2) is 8.72. The average molecular weight is 296 g/mol. The van der Waals surface area contributed by atoms with Crippen molar-refractivity contribution in [2.45, 2.75) is 39.2 Å². The molecule has 21 heavy (non-hydrogen) atoms. The Morgan fingerprint density at radius 2 is 2.00 bits per heavy atom. The topological polar surface area (TPSA) is 113 Å². The highest BCUT2D eigenvalue weighted by Gasteiger charge is 2.08. The zero-order chi connectivity index (χ0) is 15.7. The average Bonchev–Trinajstić information content (AvgIpc) is 2.82. The molecule has 0 bridgehead atoms. The van der Waals surface area contributed by atoms with E-state index in [4.69, 9.17) is 5.11 Å². The van der Waals surface area contributed by atoms with Gasteiger partial charge in [0.2, 0.25) is 11.8 Å². The van der Waals surface area contributed by atoms with Crippen LogP contribution in [0.2, 0.25) is 0 Å². The van der Waals surface area contributed by atoms with E-state index < -0.39 is 5.97 Å². The zero-order valence-corrected chi connectivity index (χ0v) is 12.0. The van der Waals surface area contributed by atoms with Gasteiger partial charge in [-0.25, -0.2) is 0 Å². The Kier molecular flexibility index (Phi) is 6.93. The number of anilines is 1. The number of rotatable bonds is 9. The molecule has 3 N–H and O–H groups in total. The number of carboxylic acids is 1. The summed E-state index contributed by atoms with van der Waals surface area (Å²) in [6.45, 7) is 2.36. The van der Waals surface area contributed by atoms with Crippen molar-refractivity contribution >= 4 is 23.6 Å². The predicted molar refractivity (Wildman–Crippen MR) is 75.6 cm³/mol. The van der Waals surface area contributed by atoms with E-state index >= 15 is 0 Å². The maximum atomic E-state index is 11.6. The van der Waals surface area contributed by atoms with Crippen molar-refractivity contribution in [3.05, 3.63) is 12.3 Å². The van der Waals surface area contributed by atoms with Crippen molar-refractivity contribution < 1.29 is 19.5 Å². The van der Waals surface area contributed by atoms with Crippen LogP contribution in [0.1, 0.15) is 32.6 Å². The van der Waals surface area contributed by atoms with Crippen LogP contribution in [0, 0.1) is 0 Å². The number of nitrogens with one attached hydrogen (secondary N) is 2. The molecule has 0 saturated carbocycles. The van der Waals surface area contributed by atoms with Crippen LogP contribution in [0.25, 0.3) is 0 Å². The molecule has 0 atom stereocenters. The summed E-state index contributed by atoms with van der Waals surface area (Å²) in [7, 11) is 0. The predicted octanol–water partition coefficient (Wildman–Crippen LogP) is 0.603. The van der Waals surface area contributed by atoms with Crippen LogP contribution in [-0.2, 0) is 20.9 Å². The number of hydrogen-bond acceptors (Lipinski definition) is 4. The summed E-state index contributed by atoms with van der Waals surface area (Å²) in [6, 6.07) is 1.52. The summed E-state index contributed by atoms with van der Waals surface area (Å²) in [5, 5.41) is 17.8. The lowest BCUT2D eigenvalue weighted by Crippen LogP contribution is -2.24. The van der Waals surface area contributed by atoms with Gasteiger partial charge in [-0.05, 0) is 12.8 Å². The summed E-state index contributed by atoms with van der Waals surface area (Å²) >= 11 is 0. The molecule has 0 spiro atoms. The first-order valence-electron chi connectivity index (χ1n) is 6.83. The minimum atomic E-state index is -1.01. The van der Waals surface area contributed by atoms with Crippen LogP contribution >= 0.6 is 0 Å². The van der Waals surface area contributed by atoms with Gasteiger partial charge in [-0.15, -0.1) is 0 Å². The van der Waals surface area contributed by atoms with Gasteiger partial charge in [0, 0.05) is 31.6 Å². The number of hydrogen-bond donors (Lipinski definition) is 3. The third-order valence-corrected chi connectivity index (χ3v) is 2.59. The number of carbonyl (C=O) groups excluding carboxylic acids is 2. The first kappa shape index (κ1) is 16.7. The molecule has 0 aromatic carbocycles. The molecule has 1 aromatic rings. The summed E-state index contributed by atoms with van der Waals surface area (Å²) in [4.78, 5) is 33.5. The molecule has 0 saturated heterocycles. The molecule has 0 unspecified atom stereocenters. The smallest absolute Gasteiger partial charge is 0.325 e. The van der Waals surface area contributed by atoms with Gasteiger partial charge in [-0.2, -0.15) is 5.10 Å². The molecule has 116 valence electrons. The van der Waals surface area contributed by atoms with E-state index in [-0.39, 0.29) is 24.8 Å². The lowest BCUT2D eigenvalue weighted by molar-refractivity contribution is -0.137. The SMILES string of the molecule is CCCNC(=O)CCCC(=O)Nc1ccn(CC(=O)O)n1. The van der Waals surface area contributed by atoms with E-state index in [1.165, 1.54) is 16.9 Å². The Bertz CT molecular complexity index is 498. The Balaban J connectivity index is 2.25. The van der Waals surface area contributed by atoms with Gasteiger partial charge >= 0.3 is 5.97 Å². The van der Waals surface area contributed by atoms with Crippen LogP contribution in [-0.4, -0.2) is 39.2 Å². The quantitative estimate of drug-likeness (QED) is 0.617. The fourth-order valence-electron chi connectivity index (χ4n) is 1.62. The van der Waals surface area contributed by atoms with Gasteiger partial charge in [-0.3, -0.25) is 19.1 Å². The molecule has 0 aliphatic carbocycles. The molecule has 2 amide bonds. The van der Waals surface area contributed by atoms with E-state index in [2.05, 4.69) is 15.7 Å². The molecule has 1 rings (SSSR count). The molecule has 0 radical (unpaired) electrons. The molecule has 8 heteroatoms. The Morgan fingerprint density at radius 1 is 1.29 bits per heavy atom. The fourth-order valence-corrected chi connectivity index (χ4v) is 1.62. The first-order valence-corrected chi connectivity index (χ1v) is 6.83. The van der Waals surface area contributed by atoms with Crippen LogP contribution in [0.3, 0.4) is 0 Å². The number of carboxylic acid groups (broad SMARTS) is 1. The highest BCUT2D eigenvalue weighted by atomic mass is 16.4. The van der Waals surface area contributed by atoms with Gasteiger partial charge in [0.25, 0.3) is 0 Å². The molecule has 1 aromatic heterocycles. The molecule has 1 heterocycles.